The predicted octanol–water partition coefficient (Wildman–Crippen LogP) is 3.69. The highest BCUT2D eigenvalue weighted by molar-refractivity contribution is 6.29. The number of nitrogens with zero attached hydrogens (tertiary/aromatic N) is 2. The molecule has 1 aliphatic rings. The molecule has 0 aliphatic heterocycles. The zero-order valence-corrected chi connectivity index (χ0v) is 15.3. The zero-order valence-electron chi connectivity index (χ0n) is 15.3. The number of carbonyl (C=O) groups excluding carboxylic acids is 2. The summed E-state index contributed by atoms with van der Waals surface area (Å²) < 4.78 is 0. The number of carbonyl (C=O) groups is 2. The maximum Gasteiger partial charge on any atom is 0.196 e. The molecule has 0 radical (unpaired) electrons. The van der Waals surface area contributed by atoms with E-state index in [-0.39, 0.29) is 17.0 Å². The molecule has 0 atom stereocenters. The lowest BCUT2D eigenvalue weighted by molar-refractivity contribution is 0.0978. The molecule has 0 fully saturated rings. The van der Waals surface area contributed by atoms with Gasteiger partial charge in [-0.3, -0.25) is 14.6 Å². The Morgan fingerprint density at radius 1 is 0.960 bits per heavy atom. The van der Waals surface area contributed by atoms with Crippen LogP contribution < -0.4 is 0 Å². The van der Waals surface area contributed by atoms with E-state index in [4.69, 9.17) is 4.98 Å². The van der Waals surface area contributed by atoms with E-state index < -0.39 is 0 Å². The molecule has 4 nitrogen and oxygen atoms in total. The summed E-state index contributed by atoms with van der Waals surface area (Å²) in [5.41, 5.74) is 2.88. The quantitative estimate of drug-likeness (QED) is 0.717. The van der Waals surface area contributed by atoms with Crippen LogP contribution in [0.3, 0.4) is 0 Å². The third kappa shape index (κ3) is 3.00. The van der Waals surface area contributed by atoms with Crippen molar-refractivity contribution in [3.05, 3.63) is 70.2 Å². The van der Waals surface area contributed by atoms with Crippen molar-refractivity contribution in [2.24, 2.45) is 0 Å². The van der Waals surface area contributed by atoms with Crippen molar-refractivity contribution in [3.63, 3.8) is 0 Å². The summed E-state index contributed by atoms with van der Waals surface area (Å²) >= 11 is 0. The summed E-state index contributed by atoms with van der Waals surface area (Å²) in [5.74, 6) is -0.255. The van der Waals surface area contributed by atoms with Crippen LogP contribution in [0.15, 0.2) is 36.5 Å². The molecule has 0 saturated heterocycles. The number of fused-ring (bicyclic) bond motifs is 2. The molecule has 1 aliphatic carbocycles. The van der Waals surface area contributed by atoms with Gasteiger partial charge in [-0.25, -0.2) is 0 Å². The summed E-state index contributed by atoms with van der Waals surface area (Å²) in [6, 6.07) is 8.76. The molecular weight excluding hydrogens is 312 g/mol. The van der Waals surface area contributed by atoms with Crippen LogP contribution in [0.2, 0.25) is 0 Å². The van der Waals surface area contributed by atoms with Gasteiger partial charge in [0.15, 0.2) is 11.6 Å². The molecule has 25 heavy (non-hydrogen) atoms. The SMILES string of the molecule is CN(C)/C=C/c1nc(C(C)(C)C)cc2c1C(=O)c1ccccc1C2=O. The molecule has 0 N–H and O–H groups in total. The van der Waals surface area contributed by atoms with Gasteiger partial charge >= 0.3 is 0 Å². The van der Waals surface area contributed by atoms with E-state index >= 15 is 0 Å². The standard InChI is InChI=1S/C21H22N2O2/c1-21(2,3)17-12-15-18(16(22-17)10-11-23(4)5)20(25)14-9-7-6-8-13(14)19(15)24/h6-12H,1-5H3/b11-10+. The highest BCUT2D eigenvalue weighted by Gasteiger charge is 2.33. The second kappa shape index (κ2) is 5.96. The smallest absolute Gasteiger partial charge is 0.196 e. The van der Waals surface area contributed by atoms with Gasteiger partial charge in [0, 0.05) is 48.1 Å². The first-order valence-electron chi connectivity index (χ1n) is 8.28. The summed E-state index contributed by atoms with van der Waals surface area (Å²) in [4.78, 5) is 32.6. The van der Waals surface area contributed by atoms with Gasteiger partial charge in [0.25, 0.3) is 0 Å². The molecule has 0 unspecified atom stereocenters. The van der Waals surface area contributed by atoms with Gasteiger partial charge in [-0.1, -0.05) is 45.0 Å². The van der Waals surface area contributed by atoms with Crippen LogP contribution in [-0.2, 0) is 5.41 Å². The first kappa shape index (κ1) is 17.1. The number of benzene rings is 1. The summed E-state index contributed by atoms with van der Waals surface area (Å²) in [6.07, 6.45) is 3.64. The topological polar surface area (TPSA) is 50.3 Å². The Hall–Kier alpha value is -2.75. The highest BCUT2D eigenvalue weighted by Crippen LogP contribution is 2.32. The highest BCUT2D eigenvalue weighted by atomic mass is 16.1. The summed E-state index contributed by atoms with van der Waals surface area (Å²) in [5, 5.41) is 0. The maximum absolute atomic E-state index is 13.0. The average Bonchev–Trinajstić information content (AvgIpc) is 2.56. The second-order valence-corrected chi connectivity index (χ2v) is 7.55. The lowest BCUT2D eigenvalue weighted by Crippen LogP contribution is -2.25. The molecule has 128 valence electrons. The molecule has 0 amide bonds. The van der Waals surface area contributed by atoms with Gasteiger partial charge in [-0.2, -0.15) is 0 Å². The first-order valence-corrected chi connectivity index (χ1v) is 8.28. The minimum atomic E-state index is -0.226. The Balaban J connectivity index is 2.31. The van der Waals surface area contributed by atoms with Crippen molar-refractivity contribution < 1.29 is 9.59 Å². The van der Waals surface area contributed by atoms with E-state index in [1.54, 1.807) is 36.4 Å². The number of hydrogen-bond donors (Lipinski definition) is 0. The zero-order chi connectivity index (χ0) is 18.4. The van der Waals surface area contributed by atoms with Crippen molar-refractivity contribution in [1.29, 1.82) is 0 Å². The van der Waals surface area contributed by atoms with Crippen LogP contribution in [0, 0.1) is 0 Å². The maximum atomic E-state index is 13.0. The number of rotatable bonds is 2. The van der Waals surface area contributed by atoms with Crippen LogP contribution in [0.4, 0.5) is 0 Å². The van der Waals surface area contributed by atoms with Crippen molar-refractivity contribution in [2.45, 2.75) is 26.2 Å². The van der Waals surface area contributed by atoms with E-state index in [9.17, 15) is 9.59 Å². The Labute approximate surface area is 148 Å². The van der Waals surface area contributed by atoms with E-state index in [1.807, 2.05) is 46.0 Å². The normalized spacial score (nSPS) is 13.8. The average molecular weight is 334 g/mol. The van der Waals surface area contributed by atoms with Crippen molar-refractivity contribution in [1.82, 2.24) is 9.88 Å². The summed E-state index contributed by atoms with van der Waals surface area (Å²) in [7, 11) is 3.80. The van der Waals surface area contributed by atoms with Crippen LogP contribution in [0.5, 0.6) is 0 Å². The Morgan fingerprint density at radius 2 is 1.56 bits per heavy atom. The second-order valence-electron chi connectivity index (χ2n) is 7.55. The van der Waals surface area contributed by atoms with E-state index in [0.29, 0.717) is 27.9 Å². The van der Waals surface area contributed by atoms with Crippen LogP contribution in [-0.4, -0.2) is 35.5 Å². The summed E-state index contributed by atoms with van der Waals surface area (Å²) in [6.45, 7) is 6.14. The van der Waals surface area contributed by atoms with Gasteiger partial charge in [0.2, 0.25) is 0 Å². The first-order chi connectivity index (χ1) is 11.7. The molecule has 2 aromatic rings. The fourth-order valence-corrected chi connectivity index (χ4v) is 2.87. The largest absolute Gasteiger partial charge is 0.383 e. The number of aromatic nitrogens is 1. The number of ketones is 2. The Kier molecular flexibility index (Phi) is 4.07. The predicted molar refractivity (Wildman–Crippen MR) is 99.0 cm³/mol. The minimum absolute atomic E-state index is 0.113. The van der Waals surface area contributed by atoms with Gasteiger partial charge < -0.3 is 4.90 Å². The van der Waals surface area contributed by atoms with Crippen molar-refractivity contribution in [2.75, 3.05) is 14.1 Å². The van der Waals surface area contributed by atoms with E-state index in [0.717, 1.165) is 5.69 Å². The molecule has 1 aromatic heterocycles. The lowest BCUT2D eigenvalue weighted by Gasteiger charge is -2.24. The number of hydrogen-bond acceptors (Lipinski definition) is 4. The third-order valence-electron chi connectivity index (χ3n) is 4.23. The lowest BCUT2D eigenvalue weighted by atomic mass is 9.81. The van der Waals surface area contributed by atoms with Crippen molar-refractivity contribution in [3.8, 4) is 0 Å². The molecular formula is C21H22N2O2. The fourth-order valence-electron chi connectivity index (χ4n) is 2.87. The van der Waals surface area contributed by atoms with Crippen LogP contribution in [0.25, 0.3) is 6.08 Å². The fraction of sp³-hybridized carbons (Fsp3) is 0.286. The minimum Gasteiger partial charge on any atom is -0.383 e. The van der Waals surface area contributed by atoms with Gasteiger partial charge in [0.1, 0.15) is 0 Å². The Morgan fingerprint density at radius 3 is 2.12 bits per heavy atom. The third-order valence-corrected chi connectivity index (χ3v) is 4.23. The molecule has 0 bridgehead atoms. The van der Waals surface area contributed by atoms with Gasteiger partial charge in [0.05, 0.1) is 11.3 Å². The van der Waals surface area contributed by atoms with Crippen molar-refractivity contribution >= 4 is 17.6 Å². The molecule has 4 heteroatoms. The van der Waals surface area contributed by atoms with Gasteiger partial charge in [-0.05, 0) is 12.1 Å². The van der Waals surface area contributed by atoms with Gasteiger partial charge in [-0.15, -0.1) is 0 Å². The van der Waals surface area contributed by atoms with Crippen LogP contribution in [0.1, 0.15) is 64.0 Å². The van der Waals surface area contributed by atoms with E-state index in [1.165, 1.54) is 0 Å². The van der Waals surface area contributed by atoms with E-state index in [2.05, 4.69) is 0 Å². The monoisotopic (exact) mass is 334 g/mol. The number of pyridine rings is 1. The van der Waals surface area contributed by atoms with Crippen LogP contribution >= 0.6 is 0 Å². The molecule has 1 heterocycles. The molecule has 0 spiro atoms. The Bertz CT molecular complexity index is 903. The molecule has 0 saturated carbocycles. The molecule has 3 rings (SSSR count). The molecule has 1 aromatic carbocycles.